The third-order valence-corrected chi connectivity index (χ3v) is 1.73. The number of carbonyl (C=O) groups excluding carboxylic acids is 1. The predicted molar refractivity (Wildman–Crippen MR) is 67.1 cm³/mol. The number of hydrazone groups is 1. The Morgan fingerprint density at radius 3 is 3.06 bits per heavy atom. The van der Waals surface area contributed by atoms with Crippen molar-refractivity contribution in [1.29, 1.82) is 0 Å². The quantitative estimate of drug-likeness (QED) is 0.461. The lowest BCUT2D eigenvalue weighted by Crippen LogP contribution is -2.24. The van der Waals surface area contributed by atoms with Crippen molar-refractivity contribution in [1.82, 2.24) is 5.43 Å². The van der Waals surface area contributed by atoms with Gasteiger partial charge in [-0.15, -0.1) is 0 Å². The highest BCUT2D eigenvalue weighted by molar-refractivity contribution is 5.81. The summed E-state index contributed by atoms with van der Waals surface area (Å²) in [7, 11) is 0. The Labute approximate surface area is 100.0 Å². The molecule has 0 atom stereocenters. The minimum atomic E-state index is -0.698. The van der Waals surface area contributed by atoms with Gasteiger partial charge in [-0.1, -0.05) is 18.7 Å². The maximum Gasteiger partial charge on any atom is 0.332 e. The fourth-order valence-corrected chi connectivity index (χ4v) is 1.06. The van der Waals surface area contributed by atoms with Crippen LogP contribution in [0.5, 0.6) is 5.75 Å². The van der Waals surface area contributed by atoms with E-state index in [1.807, 2.05) is 25.1 Å². The van der Waals surface area contributed by atoms with Gasteiger partial charge < -0.3 is 10.5 Å². The van der Waals surface area contributed by atoms with Crippen molar-refractivity contribution in [3.8, 4) is 5.75 Å². The average molecular weight is 233 g/mol. The van der Waals surface area contributed by atoms with Crippen LogP contribution in [0.3, 0.4) is 0 Å². The van der Waals surface area contributed by atoms with Crippen molar-refractivity contribution in [2.75, 3.05) is 6.61 Å². The lowest BCUT2D eigenvalue weighted by molar-refractivity contribution is 0.249. The minimum absolute atomic E-state index is 0.472. The SMILES string of the molecule is C=C(C)COc1cccc(C=NNC(N)=O)c1. The topological polar surface area (TPSA) is 76.7 Å². The number of urea groups is 1. The zero-order valence-corrected chi connectivity index (χ0v) is 9.64. The Morgan fingerprint density at radius 2 is 2.41 bits per heavy atom. The number of nitrogens with one attached hydrogen (secondary N) is 1. The van der Waals surface area contributed by atoms with Crippen LogP contribution >= 0.6 is 0 Å². The van der Waals surface area contributed by atoms with Crippen LogP contribution in [0.1, 0.15) is 12.5 Å². The van der Waals surface area contributed by atoms with Gasteiger partial charge in [0.15, 0.2) is 0 Å². The Bertz CT molecular complexity index is 441. The zero-order chi connectivity index (χ0) is 12.7. The Hall–Kier alpha value is -2.30. The number of benzene rings is 1. The first-order valence-corrected chi connectivity index (χ1v) is 5.03. The van der Waals surface area contributed by atoms with E-state index in [-0.39, 0.29) is 0 Å². The largest absolute Gasteiger partial charge is 0.489 e. The molecule has 1 rings (SSSR count). The smallest absolute Gasteiger partial charge is 0.332 e. The first kappa shape index (κ1) is 12.8. The summed E-state index contributed by atoms with van der Waals surface area (Å²) in [4.78, 5) is 10.4. The second-order valence-corrected chi connectivity index (χ2v) is 3.55. The van der Waals surface area contributed by atoms with E-state index in [2.05, 4.69) is 17.1 Å². The molecule has 0 aliphatic heterocycles. The number of nitrogens with two attached hydrogens (primary N) is 1. The molecule has 90 valence electrons. The van der Waals surface area contributed by atoms with Gasteiger partial charge in [0.05, 0.1) is 6.21 Å². The monoisotopic (exact) mass is 233 g/mol. The molecule has 0 saturated heterocycles. The highest BCUT2D eigenvalue weighted by Crippen LogP contribution is 2.12. The van der Waals surface area contributed by atoms with Crippen LogP contribution in [0.2, 0.25) is 0 Å². The summed E-state index contributed by atoms with van der Waals surface area (Å²) in [6.45, 7) is 6.11. The van der Waals surface area contributed by atoms with E-state index in [1.54, 1.807) is 6.07 Å². The van der Waals surface area contributed by atoms with Crippen LogP contribution in [0.15, 0.2) is 41.5 Å². The number of ether oxygens (including phenoxy) is 1. The van der Waals surface area contributed by atoms with E-state index in [1.165, 1.54) is 6.21 Å². The van der Waals surface area contributed by atoms with Gasteiger partial charge >= 0.3 is 6.03 Å². The van der Waals surface area contributed by atoms with Gasteiger partial charge in [-0.05, 0) is 30.2 Å². The summed E-state index contributed by atoms with van der Waals surface area (Å²) in [6.07, 6.45) is 1.48. The molecular weight excluding hydrogens is 218 g/mol. The van der Waals surface area contributed by atoms with Crippen LogP contribution in [-0.2, 0) is 0 Å². The van der Waals surface area contributed by atoms with E-state index in [0.29, 0.717) is 6.61 Å². The van der Waals surface area contributed by atoms with Crippen molar-refractivity contribution in [2.45, 2.75) is 6.92 Å². The third kappa shape index (κ3) is 5.36. The Balaban J connectivity index is 2.62. The van der Waals surface area contributed by atoms with Gasteiger partial charge in [0.2, 0.25) is 0 Å². The van der Waals surface area contributed by atoms with E-state index in [0.717, 1.165) is 16.9 Å². The minimum Gasteiger partial charge on any atom is -0.489 e. The number of hydrogen-bond acceptors (Lipinski definition) is 3. The molecule has 0 radical (unpaired) electrons. The van der Waals surface area contributed by atoms with Crippen LogP contribution in [0.4, 0.5) is 4.79 Å². The number of carbonyl (C=O) groups is 1. The fraction of sp³-hybridized carbons (Fsp3) is 0.167. The predicted octanol–water partition coefficient (Wildman–Crippen LogP) is 1.64. The van der Waals surface area contributed by atoms with Crippen molar-refractivity contribution < 1.29 is 9.53 Å². The molecule has 0 bridgehead atoms. The molecule has 1 aromatic rings. The molecule has 0 heterocycles. The Kier molecular flexibility index (Phi) is 4.75. The molecule has 0 unspecified atom stereocenters. The molecule has 0 aliphatic carbocycles. The highest BCUT2D eigenvalue weighted by Gasteiger charge is 1.95. The maximum absolute atomic E-state index is 10.4. The Morgan fingerprint density at radius 1 is 1.65 bits per heavy atom. The van der Waals surface area contributed by atoms with Crippen molar-refractivity contribution in [3.63, 3.8) is 0 Å². The summed E-state index contributed by atoms with van der Waals surface area (Å²) in [5.41, 5.74) is 8.73. The second kappa shape index (κ2) is 6.32. The highest BCUT2D eigenvalue weighted by atomic mass is 16.5. The second-order valence-electron chi connectivity index (χ2n) is 3.55. The first-order valence-electron chi connectivity index (χ1n) is 5.03. The molecule has 0 saturated carbocycles. The lowest BCUT2D eigenvalue weighted by Gasteiger charge is -2.05. The summed E-state index contributed by atoms with van der Waals surface area (Å²) in [6, 6.07) is 6.60. The van der Waals surface area contributed by atoms with Gasteiger partial charge in [0.1, 0.15) is 12.4 Å². The first-order chi connectivity index (χ1) is 8.08. The molecule has 5 nitrogen and oxygen atoms in total. The zero-order valence-electron chi connectivity index (χ0n) is 9.64. The summed E-state index contributed by atoms with van der Waals surface area (Å²) in [5.74, 6) is 0.719. The number of nitrogens with zero attached hydrogens (tertiary/aromatic N) is 1. The molecule has 3 N–H and O–H groups in total. The molecule has 5 heteroatoms. The molecule has 0 fully saturated rings. The number of rotatable bonds is 5. The standard InChI is InChI=1S/C12H15N3O2/c1-9(2)8-17-11-5-3-4-10(6-11)7-14-15-12(13)16/h3-7H,1,8H2,2H3,(H3,13,15,16). The molecule has 2 amide bonds. The molecule has 17 heavy (non-hydrogen) atoms. The molecule has 0 aromatic heterocycles. The van der Waals surface area contributed by atoms with E-state index >= 15 is 0 Å². The number of amides is 2. The maximum atomic E-state index is 10.4. The van der Waals surface area contributed by atoms with Gasteiger partial charge in [0, 0.05) is 0 Å². The normalized spacial score (nSPS) is 10.2. The van der Waals surface area contributed by atoms with E-state index in [4.69, 9.17) is 10.5 Å². The van der Waals surface area contributed by atoms with Crippen LogP contribution in [-0.4, -0.2) is 18.9 Å². The molecule has 0 aliphatic rings. The summed E-state index contributed by atoms with van der Waals surface area (Å²) < 4.78 is 5.46. The lowest BCUT2D eigenvalue weighted by atomic mass is 10.2. The van der Waals surface area contributed by atoms with E-state index in [9.17, 15) is 4.79 Å². The van der Waals surface area contributed by atoms with Crippen LogP contribution in [0.25, 0.3) is 0 Å². The van der Waals surface area contributed by atoms with Crippen molar-refractivity contribution >= 4 is 12.2 Å². The molecule has 1 aromatic carbocycles. The molecular formula is C12H15N3O2. The fourth-order valence-electron chi connectivity index (χ4n) is 1.06. The van der Waals surface area contributed by atoms with Crippen molar-refractivity contribution in [3.05, 3.63) is 42.0 Å². The molecule has 0 spiro atoms. The van der Waals surface area contributed by atoms with Crippen LogP contribution in [0, 0.1) is 0 Å². The van der Waals surface area contributed by atoms with Gasteiger partial charge in [0.25, 0.3) is 0 Å². The van der Waals surface area contributed by atoms with Gasteiger partial charge in [-0.3, -0.25) is 0 Å². The van der Waals surface area contributed by atoms with E-state index < -0.39 is 6.03 Å². The van der Waals surface area contributed by atoms with Crippen LogP contribution < -0.4 is 15.9 Å². The number of primary amides is 1. The summed E-state index contributed by atoms with van der Waals surface area (Å²) >= 11 is 0. The number of hydrogen-bond donors (Lipinski definition) is 2. The van der Waals surface area contributed by atoms with Gasteiger partial charge in [-0.2, -0.15) is 5.10 Å². The third-order valence-electron chi connectivity index (χ3n) is 1.73. The summed E-state index contributed by atoms with van der Waals surface area (Å²) in [5, 5.41) is 3.65. The average Bonchev–Trinajstić information content (AvgIpc) is 2.26. The van der Waals surface area contributed by atoms with Crippen molar-refractivity contribution in [2.24, 2.45) is 10.8 Å². The van der Waals surface area contributed by atoms with Gasteiger partial charge in [-0.25, -0.2) is 10.2 Å².